The average Bonchev–Trinajstić information content (AvgIpc) is 2.87. The number of aromatic nitrogens is 1. The van der Waals surface area contributed by atoms with Crippen LogP contribution in [0, 0.1) is 0 Å². The smallest absolute Gasteiger partial charge is 0.369 e. The molecule has 2 heterocycles. The summed E-state index contributed by atoms with van der Waals surface area (Å²) in [5.74, 6) is -0.462. The molecule has 0 atom stereocenters. The van der Waals surface area contributed by atoms with Gasteiger partial charge < -0.3 is 10.0 Å². The van der Waals surface area contributed by atoms with Crippen LogP contribution in [0.5, 0.6) is 0 Å². The third-order valence-corrected chi connectivity index (χ3v) is 4.84. The number of anilines is 1. The van der Waals surface area contributed by atoms with Gasteiger partial charge in [0.2, 0.25) is 0 Å². The summed E-state index contributed by atoms with van der Waals surface area (Å²) < 4.78 is 79.1. The van der Waals surface area contributed by atoms with Crippen molar-refractivity contribution in [3.8, 4) is 0 Å². The SMILES string of the molecule is O=C(c1cccnc1)N1CCCCc2cc(C(O)(C(F)(F)F)C(F)(F)F)ccc21. The lowest BCUT2D eigenvalue weighted by Gasteiger charge is -2.33. The average molecular weight is 418 g/mol. The molecule has 1 aliphatic rings. The highest BCUT2D eigenvalue weighted by Gasteiger charge is 2.71. The van der Waals surface area contributed by atoms with Gasteiger partial charge in [0.1, 0.15) is 0 Å². The Bertz CT molecular complexity index is 882. The number of carbonyl (C=O) groups excluding carboxylic acids is 1. The minimum absolute atomic E-state index is 0.129. The van der Waals surface area contributed by atoms with E-state index in [2.05, 4.69) is 4.98 Å². The van der Waals surface area contributed by atoms with Crippen molar-refractivity contribution in [1.29, 1.82) is 0 Å². The number of hydrogen-bond acceptors (Lipinski definition) is 3. The Balaban J connectivity index is 2.08. The number of amides is 1. The number of benzene rings is 1. The maximum Gasteiger partial charge on any atom is 0.430 e. The molecule has 3 rings (SSSR count). The molecule has 1 aromatic carbocycles. The van der Waals surface area contributed by atoms with Gasteiger partial charge in [-0.1, -0.05) is 12.1 Å². The minimum atomic E-state index is -5.96. The third-order valence-electron chi connectivity index (χ3n) is 4.84. The Kier molecular flexibility index (Phi) is 5.33. The number of halogens is 6. The third kappa shape index (κ3) is 3.68. The summed E-state index contributed by atoms with van der Waals surface area (Å²) in [6, 6.07) is 5.33. The second-order valence-corrected chi connectivity index (χ2v) is 6.71. The first-order valence-electron chi connectivity index (χ1n) is 8.68. The van der Waals surface area contributed by atoms with E-state index in [1.165, 1.54) is 23.4 Å². The zero-order valence-electron chi connectivity index (χ0n) is 14.9. The first-order chi connectivity index (χ1) is 13.5. The Morgan fingerprint density at radius 2 is 1.72 bits per heavy atom. The van der Waals surface area contributed by atoms with Gasteiger partial charge in [0.25, 0.3) is 11.5 Å². The van der Waals surface area contributed by atoms with Gasteiger partial charge in [0, 0.05) is 30.2 Å². The predicted molar refractivity (Wildman–Crippen MR) is 91.3 cm³/mol. The molecule has 0 aliphatic carbocycles. The van der Waals surface area contributed by atoms with Crippen LogP contribution in [0.4, 0.5) is 32.0 Å². The molecule has 0 saturated heterocycles. The van der Waals surface area contributed by atoms with Crippen LogP contribution in [0.2, 0.25) is 0 Å². The maximum atomic E-state index is 13.2. The maximum absolute atomic E-state index is 13.2. The number of aryl methyl sites for hydroxylation is 1. The van der Waals surface area contributed by atoms with Crippen molar-refractivity contribution in [3.63, 3.8) is 0 Å². The molecule has 0 unspecified atom stereocenters. The fraction of sp³-hybridized carbons (Fsp3) is 0.368. The molecule has 29 heavy (non-hydrogen) atoms. The van der Waals surface area contributed by atoms with Gasteiger partial charge in [-0.25, -0.2) is 0 Å². The largest absolute Gasteiger partial charge is 0.430 e. The van der Waals surface area contributed by atoms with E-state index in [-0.39, 0.29) is 29.8 Å². The van der Waals surface area contributed by atoms with E-state index in [0.29, 0.717) is 25.0 Å². The fourth-order valence-electron chi connectivity index (χ4n) is 3.32. The van der Waals surface area contributed by atoms with Gasteiger partial charge in [-0.2, -0.15) is 26.3 Å². The lowest BCUT2D eigenvalue weighted by molar-refractivity contribution is -0.376. The fourth-order valence-corrected chi connectivity index (χ4v) is 3.32. The minimum Gasteiger partial charge on any atom is -0.369 e. The molecular weight excluding hydrogens is 402 g/mol. The number of hydrogen-bond donors (Lipinski definition) is 1. The van der Waals surface area contributed by atoms with Crippen LogP contribution in [0.3, 0.4) is 0 Å². The second kappa shape index (κ2) is 7.33. The molecule has 2 aromatic rings. The lowest BCUT2D eigenvalue weighted by Crippen LogP contribution is -2.54. The van der Waals surface area contributed by atoms with Crippen molar-refractivity contribution < 1.29 is 36.2 Å². The highest BCUT2D eigenvalue weighted by molar-refractivity contribution is 6.06. The summed E-state index contributed by atoms with van der Waals surface area (Å²) in [4.78, 5) is 18.0. The van der Waals surface area contributed by atoms with Gasteiger partial charge in [-0.15, -0.1) is 0 Å². The monoisotopic (exact) mass is 418 g/mol. The van der Waals surface area contributed by atoms with E-state index < -0.39 is 29.4 Å². The molecule has 1 N–H and O–H groups in total. The van der Waals surface area contributed by atoms with E-state index in [0.717, 1.165) is 6.07 Å². The van der Waals surface area contributed by atoms with Gasteiger partial charge in [-0.3, -0.25) is 9.78 Å². The summed E-state index contributed by atoms with van der Waals surface area (Å²) in [5, 5.41) is 9.64. The number of carbonyl (C=O) groups is 1. The summed E-state index contributed by atoms with van der Waals surface area (Å²) in [5.41, 5.74) is -5.74. The van der Waals surface area contributed by atoms with E-state index in [1.54, 1.807) is 6.07 Å². The van der Waals surface area contributed by atoms with Crippen LogP contribution in [0.1, 0.15) is 34.3 Å². The molecule has 0 fully saturated rings. The molecule has 0 radical (unpaired) electrons. The predicted octanol–water partition coefficient (Wildman–Crippen LogP) is 4.38. The van der Waals surface area contributed by atoms with Crippen molar-refractivity contribution in [2.24, 2.45) is 0 Å². The molecule has 156 valence electrons. The zero-order chi connectivity index (χ0) is 21.4. The summed E-state index contributed by atoms with van der Waals surface area (Å²) in [7, 11) is 0. The molecular formula is C19H16F6N2O2. The molecule has 0 spiro atoms. The highest BCUT2D eigenvalue weighted by Crippen LogP contribution is 2.50. The highest BCUT2D eigenvalue weighted by atomic mass is 19.4. The van der Waals surface area contributed by atoms with Crippen LogP contribution in [-0.4, -0.2) is 34.9 Å². The van der Waals surface area contributed by atoms with E-state index in [4.69, 9.17) is 0 Å². The Labute approximate surface area is 161 Å². The van der Waals surface area contributed by atoms with Crippen molar-refractivity contribution >= 4 is 11.6 Å². The van der Waals surface area contributed by atoms with Gasteiger partial charge >= 0.3 is 12.4 Å². The van der Waals surface area contributed by atoms with Crippen molar-refractivity contribution in [3.05, 3.63) is 59.4 Å². The number of pyridine rings is 1. The van der Waals surface area contributed by atoms with Crippen LogP contribution in [0.25, 0.3) is 0 Å². The molecule has 0 bridgehead atoms. The van der Waals surface area contributed by atoms with E-state index in [1.807, 2.05) is 0 Å². The van der Waals surface area contributed by atoms with Crippen molar-refractivity contribution in [2.75, 3.05) is 11.4 Å². The topological polar surface area (TPSA) is 53.4 Å². The summed E-state index contributed by atoms with van der Waals surface area (Å²) in [6.45, 7) is 0.253. The summed E-state index contributed by atoms with van der Waals surface area (Å²) in [6.07, 6.45) is -7.99. The van der Waals surface area contributed by atoms with Gasteiger partial charge in [-0.05, 0) is 43.0 Å². The first kappa shape index (κ1) is 21.1. The normalized spacial score (nSPS) is 15.6. The van der Waals surface area contributed by atoms with E-state index in [9.17, 15) is 36.2 Å². The number of fused-ring (bicyclic) bond motifs is 1. The summed E-state index contributed by atoms with van der Waals surface area (Å²) >= 11 is 0. The molecule has 1 amide bonds. The number of nitrogens with zero attached hydrogens (tertiary/aromatic N) is 2. The van der Waals surface area contributed by atoms with Gasteiger partial charge in [0.05, 0.1) is 5.56 Å². The van der Waals surface area contributed by atoms with E-state index >= 15 is 0 Å². The standard InChI is InChI=1S/C19H16F6N2O2/c20-18(21,22)17(29,19(23,24)25)14-6-7-15-12(10-14)4-1-2-9-27(15)16(28)13-5-3-8-26-11-13/h3,5-8,10-11,29H,1-2,4,9H2. The molecule has 1 aromatic heterocycles. The molecule has 10 heteroatoms. The Morgan fingerprint density at radius 1 is 1.03 bits per heavy atom. The zero-order valence-corrected chi connectivity index (χ0v) is 14.9. The van der Waals surface area contributed by atoms with Crippen molar-refractivity contribution in [2.45, 2.75) is 37.2 Å². The van der Waals surface area contributed by atoms with Crippen LogP contribution >= 0.6 is 0 Å². The van der Waals surface area contributed by atoms with Crippen LogP contribution in [0.15, 0.2) is 42.7 Å². The first-order valence-corrected chi connectivity index (χ1v) is 8.68. The molecule has 4 nitrogen and oxygen atoms in total. The molecule has 0 saturated carbocycles. The number of rotatable bonds is 2. The van der Waals surface area contributed by atoms with Crippen LogP contribution < -0.4 is 4.90 Å². The Hall–Kier alpha value is -2.62. The van der Waals surface area contributed by atoms with Crippen LogP contribution in [-0.2, 0) is 12.0 Å². The second-order valence-electron chi connectivity index (χ2n) is 6.71. The number of aliphatic hydroxyl groups is 1. The number of alkyl halides is 6. The van der Waals surface area contributed by atoms with Crippen molar-refractivity contribution in [1.82, 2.24) is 4.98 Å². The lowest BCUT2D eigenvalue weighted by atomic mass is 9.89. The molecule has 1 aliphatic heterocycles. The Morgan fingerprint density at radius 3 is 2.31 bits per heavy atom. The van der Waals surface area contributed by atoms with Gasteiger partial charge in [0.15, 0.2) is 0 Å². The quantitative estimate of drug-likeness (QED) is 0.737.